The lowest BCUT2D eigenvalue weighted by Gasteiger charge is -2.26. The molecule has 3 aromatic rings. The van der Waals surface area contributed by atoms with Gasteiger partial charge in [-0.25, -0.2) is 13.4 Å². The Morgan fingerprint density at radius 2 is 1.84 bits per heavy atom. The van der Waals surface area contributed by atoms with Gasteiger partial charge in [-0.3, -0.25) is 9.59 Å². The fourth-order valence-corrected chi connectivity index (χ4v) is 5.27. The number of carbonyl (C=O) groups is 2. The van der Waals surface area contributed by atoms with Crippen molar-refractivity contribution in [2.24, 2.45) is 0 Å². The molecule has 9 nitrogen and oxygen atoms in total. The number of rotatable bonds is 9. The van der Waals surface area contributed by atoms with Crippen molar-refractivity contribution in [3.63, 3.8) is 0 Å². The molecule has 0 unspecified atom stereocenters. The summed E-state index contributed by atoms with van der Waals surface area (Å²) in [6.07, 6.45) is 3.73. The van der Waals surface area contributed by atoms with Crippen LogP contribution in [0.1, 0.15) is 28.0 Å². The first-order chi connectivity index (χ1) is 17.7. The number of halogens is 1. The van der Waals surface area contributed by atoms with Crippen molar-refractivity contribution in [1.82, 2.24) is 14.6 Å². The zero-order chi connectivity index (χ0) is 26.4. The van der Waals surface area contributed by atoms with Gasteiger partial charge < -0.3 is 15.2 Å². The molecule has 192 valence electrons. The third-order valence-electron chi connectivity index (χ3n) is 5.70. The number of nitrogens with zero attached hydrogens (tertiary/aromatic N) is 2. The molecule has 0 saturated heterocycles. The maximum Gasteiger partial charge on any atom is 0.322 e. The van der Waals surface area contributed by atoms with E-state index in [9.17, 15) is 18.0 Å². The molecule has 0 fully saturated rings. The van der Waals surface area contributed by atoms with Crippen LogP contribution in [0, 0.1) is 0 Å². The maximum atomic E-state index is 13.0. The van der Waals surface area contributed by atoms with Crippen molar-refractivity contribution in [2.75, 3.05) is 19.6 Å². The van der Waals surface area contributed by atoms with Crippen LogP contribution in [0.15, 0.2) is 77.8 Å². The molecular weight excluding hydrogens is 518 g/mol. The largest absolute Gasteiger partial charge is 0.486 e. The number of carboxylic acids is 1. The fourth-order valence-electron chi connectivity index (χ4n) is 3.76. The van der Waals surface area contributed by atoms with Crippen LogP contribution in [0.4, 0.5) is 0 Å². The van der Waals surface area contributed by atoms with Gasteiger partial charge >= 0.3 is 5.97 Å². The summed E-state index contributed by atoms with van der Waals surface area (Å²) in [5.41, 5.74) is 2.38. The average Bonchev–Trinajstić information content (AvgIpc) is 2.91. The molecule has 0 bridgehead atoms. The van der Waals surface area contributed by atoms with E-state index in [0.717, 1.165) is 11.1 Å². The van der Waals surface area contributed by atoms with Gasteiger partial charge in [-0.2, -0.15) is 4.31 Å². The molecule has 2 aromatic carbocycles. The zero-order valence-electron chi connectivity index (χ0n) is 19.6. The van der Waals surface area contributed by atoms with E-state index in [1.807, 2.05) is 30.3 Å². The van der Waals surface area contributed by atoms with Gasteiger partial charge in [0.2, 0.25) is 10.0 Å². The number of carbonyl (C=O) groups excluding carboxylic acids is 1. The Hall–Kier alpha value is -3.73. The Labute approximate surface area is 219 Å². The predicted octanol–water partition coefficient (Wildman–Crippen LogP) is 3.61. The van der Waals surface area contributed by atoms with Crippen LogP contribution in [-0.2, 0) is 21.4 Å². The van der Waals surface area contributed by atoms with Crippen molar-refractivity contribution < 1.29 is 27.9 Å². The van der Waals surface area contributed by atoms with Crippen LogP contribution in [0.2, 0.25) is 5.02 Å². The lowest BCUT2D eigenvalue weighted by atomic mass is 10.0. The highest BCUT2D eigenvalue weighted by Crippen LogP contribution is 2.29. The second kappa shape index (κ2) is 11.5. The number of hydrogen-bond donors (Lipinski definition) is 2. The van der Waals surface area contributed by atoms with Gasteiger partial charge in [0, 0.05) is 24.3 Å². The fraction of sp³-hybridized carbons (Fsp3) is 0.192. The third kappa shape index (κ3) is 6.53. The first-order valence-corrected chi connectivity index (χ1v) is 13.2. The summed E-state index contributed by atoms with van der Waals surface area (Å²) in [5, 5.41) is 11.6. The van der Waals surface area contributed by atoms with Gasteiger partial charge in [0.1, 0.15) is 13.2 Å². The maximum absolute atomic E-state index is 13.0. The van der Waals surface area contributed by atoms with Gasteiger partial charge in [-0.15, -0.1) is 0 Å². The number of carboxylic acid groups (broad SMARTS) is 1. The first-order valence-electron chi connectivity index (χ1n) is 11.4. The highest BCUT2D eigenvalue weighted by atomic mass is 35.5. The number of ether oxygens (including phenoxy) is 1. The Morgan fingerprint density at radius 1 is 1.11 bits per heavy atom. The van der Waals surface area contributed by atoms with Crippen LogP contribution in [-0.4, -0.2) is 54.3 Å². The Bertz CT molecular complexity index is 1430. The number of pyridine rings is 1. The van der Waals surface area contributed by atoms with E-state index >= 15 is 0 Å². The van der Waals surface area contributed by atoms with Gasteiger partial charge in [0.25, 0.3) is 5.91 Å². The van der Waals surface area contributed by atoms with Crippen LogP contribution in [0.25, 0.3) is 5.57 Å². The van der Waals surface area contributed by atoms with Crippen molar-refractivity contribution in [3.05, 3.63) is 94.8 Å². The average molecular weight is 542 g/mol. The quantitative estimate of drug-likeness (QED) is 0.424. The molecule has 0 aliphatic carbocycles. The molecule has 2 heterocycles. The summed E-state index contributed by atoms with van der Waals surface area (Å²) in [6, 6.07) is 17.1. The Kier molecular flexibility index (Phi) is 8.22. The second-order valence-electron chi connectivity index (χ2n) is 8.22. The van der Waals surface area contributed by atoms with Gasteiger partial charge in [0.05, 0.1) is 4.90 Å². The van der Waals surface area contributed by atoms with Crippen LogP contribution >= 0.6 is 11.6 Å². The zero-order valence-corrected chi connectivity index (χ0v) is 21.2. The van der Waals surface area contributed by atoms with Gasteiger partial charge in [0.15, 0.2) is 11.4 Å². The molecule has 37 heavy (non-hydrogen) atoms. The molecule has 2 N–H and O–H groups in total. The van der Waals surface area contributed by atoms with Gasteiger partial charge in [-0.1, -0.05) is 48.0 Å². The Balaban J connectivity index is 1.56. The number of aliphatic carboxylic acids is 1. The van der Waals surface area contributed by atoms with Crippen molar-refractivity contribution in [1.29, 1.82) is 0 Å². The monoisotopic (exact) mass is 541 g/mol. The topological polar surface area (TPSA) is 126 Å². The van der Waals surface area contributed by atoms with E-state index in [1.54, 1.807) is 12.1 Å². The van der Waals surface area contributed by atoms with Crippen LogP contribution in [0.5, 0.6) is 5.75 Å². The van der Waals surface area contributed by atoms with Crippen LogP contribution in [0.3, 0.4) is 0 Å². The predicted molar refractivity (Wildman–Crippen MR) is 138 cm³/mol. The minimum absolute atomic E-state index is 0.0377. The summed E-state index contributed by atoms with van der Waals surface area (Å²) in [6.45, 7) is 0.0556. The van der Waals surface area contributed by atoms with E-state index in [-0.39, 0.29) is 36.0 Å². The molecule has 1 aromatic heterocycles. The molecule has 0 atom stereocenters. The molecule has 0 radical (unpaired) electrons. The van der Waals surface area contributed by atoms with Gasteiger partial charge in [-0.05, 0) is 53.5 Å². The summed E-state index contributed by atoms with van der Waals surface area (Å²) >= 11 is 5.88. The first kappa shape index (κ1) is 26.3. The number of aromatic nitrogens is 1. The molecule has 11 heteroatoms. The summed E-state index contributed by atoms with van der Waals surface area (Å²) in [5.74, 6) is -1.65. The molecule has 0 saturated carbocycles. The summed E-state index contributed by atoms with van der Waals surface area (Å²) < 4.78 is 33.3. The Morgan fingerprint density at radius 3 is 2.49 bits per heavy atom. The van der Waals surface area contributed by atoms with E-state index in [1.165, 1.54) is 34.8 Å². The highest BCUT2D eigenvalue weighted by molar-refractivity contribution is 7.89. The SMILES string of the molecule is O=C(O)CNC(=O)c1ncc(C2=CCN(S(=O)(=O)c3ccc(Cl)cc3)CC2)cc1OCc1ccccc1. The van der Waals surface area contributed by atoms with E-state index in [2.05, 4.69) is 10.3 Å². The molecule has 0 spiro atoms. The number of sulfonamides is 1. The van der Waals surface area contributed by atoms with Crippen molar-refractivity contribution in [3.8, 4) is 5.75 Å². The van der Waals surface area contributed by atoms with E-state index in [4.69, 9.17) is 21.4 Å². The molecule has 1 aliphatic heterocycles. The number of hydrogen-bond acceptors (Lipinski definition) is 6. The molecular formula is C26H24ClN3O6S. The van der Waals surface area contributed by atoms with E-state index in [0.29, 0.717) is 17.0 Å². The molecule has 1 aliphatic rings. The van der Waals surface area contributed by atoms with Crippen molar-refractivity contribution in [2.45, 2.75) is 17.9 Å². The molecule has 4 rings (SSSR count). The number of amides is 1. The lowest BCUT2D eigenvalue weighted by Crippen LogP contribution is -2.34. The summed E-state index contributed by atoms with van der Waals surface area (Å²) in [4.78, 5) is 27.9. The minimum Gasteiger partial charge on any atom is -0.486 e. The third-order valence-corrected chi connectivity index (χ3v) is 7.83. The van der Waals surface area contributed by atoms with E-state index < -0.39 is 28.4 Å². The number of benzene rings is 2. The molecule has 1 amide bonds. The van der Waals surface area contributed by atoms with Crippen LogP contribution < -0.4 is 10.1 Å². The normalized spacial score (nSPS) is 14.0. The number of nitrogens with one attached hydrogen (secondary N) is 1. The smallest absolute Gasteiger partial charge is 0.322 e. The highest BCUT2D eigenvalue weighted by Gasteiger charge is 2.27. The minimum atomic E-state index is -3.67. The second-order valence-corrected chi connectivity index (χ2v) is 10.6. The summed E-state index contributed by atoms with van der Waals surface area (Å²) in [7, 11) is -3.67. The van der Waals surface area contributed by atoms with Crippen molar-refractivity contribution >= 4 is 39.1 Å². The lowest BCUT2D eigenvalue weighted by molar-refractivity contribution is -0.135. The standard InChI is InChI=1S/C26H24ClN3O6S/c27-21-6-8-22(9-7-21)37(34,35)30-12-10-19(11-13-30)20-14-23(36-17-18-4-2-1-3-5-18)25(28-15-20)26(33)29-16-24(31)32/h1-10,14-15H,11-13,16-17H2,(H,29,33)(H,31,32).